The van der Waals surface area contributed by atoms with Crippen molar-refractivity contribution >= 4 is 23.2 Å². The zero-order valence-corrected chi connectivity index (χ0v) is 14.9. The molecule has 3 heterocycles. The first-order valence-corrected chi connectivity index (χ1v) is 9.26. The molecule has 2 amide bonds. The van der Waals surface area contributed by atoms with Crippen molar-refractivity contribution in [1.29, 1.82) is 0 Å². The summed E-state index contributed by atoms with van der Waals surface area (Å²) < 4.78 is 5.30. The van der Waals surface area contributed by atoms with Crippen molar-refractivity contribution in [2.75, 3.05) is 59.0 Å². The number of carbonyl (C=O) groups excluding carboxylic acids is 2. The van der Waals surface area contributed by atoms with E-state index in [-0.39, 0.29) is 11.8 Å². The minimum atomic E-state index is 0.0978. The molecule has 1 aromatic heterocycles. The lowest BCUT2D eigenvalue weighted by molar-refractivity contribution is -0.140. The van der Waals surface area contributed by atoms with E-state index in [1.54, 1.807) is 11.3 Å². The van der Waals surface area contributed by atoms with Crippen molar-refractivity contribution in [3.63, 3.8) is 0 Å². The summed E-state index contributed by atoms with van der Waals surface area (Å²) in [6, 6.07) is 0. The Labute approximate surface area is 146 Å². The third-order valence-corrected chi connectivity index (χ3v) is 5.27. The molecule has 0 aliphatic carbocycles. The number of hydrogen-bond acceptors (Lipinski definition) is 6. The minimum absolute atomic E-state index is 0.0978. The number of nitrogens with zero attached hydrogens (tertiary/aromatic N) is 4. The molecular formula is C16H24N4O3S. The fraction of sp³-hybridized carbons (Fsp3) is 0.688. The van der Waals surface area contributed by atoms with Gasteiger partial charge in [-0.1, -0.05) is 0 Å². The summed E-state index contributed by atoms with van der Waals surface area (Å²) in [6.07, 6.45) is 0.353. The molecule has 3 rings (SSSR count). The number of hydrogen-bond donors (Lipinski definition) is 0. The second-order valence-corrected chi connectivity index (χ2v) is 7.25. The number of rotatable bonds is 4. The zero-order chi connectivity index (χ0) is 16.9. The van der Waals surface area contributed by atoms with Crippen LogP contribution in [-0.2, 0) is 20.7 Å². The fourth-order valence-electron chi connectivity index (χ4n) is 3.01. The van der Waals surface area contributed by atoms with Crippen LogP contribution in [0, 0.1) is 6.92 Å². The van der Waals surface area contributed by atoms with Crippen molar-refractivity contribution in [1.82, 2.24) is 19.7 Å². The summed E-state index contributed by atoms with van der Waals surface area (Å²) in [5.41, 5.74) is 0.841. The van der Waals surface area contributed by atoms with E-state index in [9.17, 15) is 9.59 Å². The summed E-state index contributed by atoms with van der Waals surface area (Å²) >= 11 is 1.57. The molecule has 0 radical (unpaired) electrons. The number of piperazine rings is 1. The summed E-state index contributed by atoms with van der Waals surface area (Å²) in [5.74, 6) is 0.250. The van der Waals surface area contributed by atoms with Crippen LogP contribution in [0.2, 0.25) is 0 Å². The van der Waals surface area contributed by atoms with Gasteiger partial charge in [-0.2, -0.15) is 0 Å². The number of morpholine rings is 1. The lowest BCUT2D eigenvalue weighted by Crippen LogP contribution is -2.53. The summed E-state index contributed by atoms with van der Waals surface area (Å²) in [6.45, 7) is 7.88. The molecule has 2 fully saturated rings. The summed E-state index contributed by atoms with van der Waals surface area (Å²) in [4.78, 5) is 34.9. The number of thiazole rings is 1. The summed E-state index contributed by atoms with van der Waals surface area (Å²) in [5, 5.41) is 2.92. The topological polar surface area (TPSA) is 66.0 Å². The van der Waals surface area contributed by atoms with Gasteiger partial charge >= 0.3 is 0 Å². The molecule has 0 atom stereocenters. The van der Waals surface area contributed by atoms with Crippen LogP contribution in [-0.4, -0.2) is 90.5 Å². The van der Waals surface area contributed by atoms with Gasteiger partial charge in [-0.3, -0.25) is 14.5 Å². The van der Waals surface area contributed by atoms with Crippen LogP contribution >= 0.6 is 11.3 Å². The number of aromatic nitrogens is 1. The first-order chi connectivity index (χ1) is 11.6. The van der Waals surface area contributed by atoms with Gasteiger partial charge in [0.2, 0.25) is 11.8 Å². The average Bonchev–Trinajstić information content (AvgIpc) is 3.00. The third kappa shape index (κ3) is 4.52. The number of amides is 2. The average molecular weight is 352 g/mol. The first-order valence-electron chi connectivity index (χ1n) is 8.38. The molecular weight excluding hydrogens is 328 g/mol. The predicted molar refractivity (Wildman–Crippen MR) is 91.0 cm³/mol. The van der Waals surface area contributed by atoms with Crippen LogP contribution in [0.4, 0.5) is 0 Å². The molecule has 2 aliphatic rings. The smallest absolute Gasteiger partial charge is 0.236 e. The first kappa shape index (κ1) is 17.3. The Morgan fingerprint density at radius 1 is 1.08 bits per heavy atom. The van der Waals surface area contributed by atoms with E-state index in [4.69, 9.17) is 4.74 Å². The highest BCUT2D eigenvalue weighted by Gasteiger charge is 2.25. The van der Waals surface area contributed by atoms with E-state index in [1.807, 2.05) is 22.1 Å². The van der Waals surface area contributed by atoms with Gasteiger partial charge in [-0.15, -0.1) is 11.3 Å². The van der Waals surface area contributed by atoms with Crippen LogP contribution in [0.15, 0.2) is 5.38 Å². The largest absolute Gasteiger partial charge is 0.379 e. The molecule has 24 heavy (non-hydrogen) atoms. The maximum atomic E-state index is 12.4. The van der Waals surface area contributed by atoms with Gasteiger partial charge in [0.25, 0.3) is 0 Å². The highest BCUT2D eigenvalue weighted by atomic mass is 32.1. The molecule has 132 valence electrons. The standard InChI is InChI=1S/C16H24N4O3S/c1-13-17-14(12-24-13)10-15(21)19-2-4-20(5-3-19)16(22)11-18-6-8-23-9-7-18/h12H,2-11H2,1H3. The maximum Gasteiger partial charge on any atom is 0.236 e. The number of ether oxygens (including phenoxy) is 1. The number of carbonyl (C=O) groups is 2. The Hall–Kier alpha value is -1.51. The molecule has 2 aliphatic heterocycles. The third-order valence-electron chi connectivity index (χ3n) is 4.45. The second kappa shape index (κ2) is 8.04. The Morgan fingerprint density at radius 2 is 1.71 bits per heavy atom. The van der Waals surface area contributed by atoms with E-state index >= 15 is 0 Å². The monoisotopic (exact) mass is 352 g/mol. The molecule has 0 N–H and O–H groups in total. The highest BCUT2D eigenvalue weighted by molar-refractivity contribution is 7.09. The summed E-state index contributed by atoms with van der Waals surface area (Å²) in [7, 11) is 0. The van der Waals surface area contributed by atoms with Crippen molar-refractivity contribution in [2.24, 2.45) is 0 Å². The molecule has 1 aromatic rings. The van der Waals surface area contributed by atoms with E-state index in [1.165, 1.54) is 0 Å². The lowest BCUT2D eigenvalue weighted by Gasteiger charge is -2.36. The van der Waals surface area contributed by atoms with Crippen molar-refractivity contribution in [3.8, 4) is 0 Å². The van der Waals surface area contributed by atoms with Gasteiger partial charge < -0.3 is 14.5 Å². The Kier molecular flexibility index (Phi) is 5.80. The maximum absolute atomic E-state index is 12.4. The lowest BCUT2D eigenvalue weighted by atomic mass is 10.2. The zero-order valence-electron chi connectivity index (χ0n) is 14.1. The Morgan fingerprint density at radius 3 is 2.29 bits per heavy atom. The van der Waals surface area contributed by atoms with Crippen molar-refractivity contribution in [2.45, 2.75) is 13.3 Å². The van der Waals surface area contributed by atoms with Gasteiger partial charge in [0, 0.05) is 44.6 Å². The predicted octanol–water partition coefficient (Wildman–Crippen LogP) is -0.00298. The second-order valence-electron chi connectivity index (χ2n) is 6.18. The Balaban J connectivity index is 1.43. The molecule has 8 heteroatoms. The van der Waals surface area contributed by atoms with Gasteiger partial charge in [0.05, 0.1) is 36.9 Å². The number of aryl methyl sites for hydroxylation is 1. The SMILES string of the molecule is Cc1nc(CC(=O)N2CCN(C(=O)CN3CCOCC3)CC2)cs1. The molecule has 0 aromatic carbocycles. The van der Waals surface area contributed by atoms with Crippen molar-refractivity contribution in [3.05, 3.63) is 16.1 Å². The van der Waals surface area contributed by atoms with Crippen LogP contribution in [0.3, 0.4) is 0 Å². The van der Waals surface area contributed by atoms with E-state index in [2.05, 4.69) is 9.88 Å². The van der Waals surface area contributed by atoms with Crippen LogP contribution in [0.1, 0.15) is 10.7 Å². The van der Waals surface area contributed by atoms with Gasteiger partial charge in [0.15, 0.2) is 0 Å². The van der Waals surface area contributed by atoms with Gasteiger partial charge in [-0.25, -0.2) is 4.98 Å². The fourth-order valence-corrected chi connectivity index (χ4v) is 3.62. The van der Waals surface area contributed by atoms with Crippen LogP contribution < -0.4 is 0 Å². The molecule has 0 unspecified atom stereocenters. The van der Waals surface area contributed by atoms with Crippen molar-refractivity contribution < 1.29 is 14.3 Å². The molecule has 0 spiro atoms. The molecule has 0 bridgehead atoms. The van der Waals surface area contributed by atoms with Crippen LogP contribution in [0.5, 0.6) is 0 Å². The van der Waals surface area contributed by atoms with E-state index in [0.29, 0.717) is 52.4 Å². The van der Waals surface area contributed by atoms with Crippen LogP contribution in [0.25, 0.3) is 0 Å². The van der Waals surface area contributed by atoms with Gasteiger partial charge in [0.1, 0.15) is 0 Å². The normalized spacial score (nSPS) is 19.5. The Bertz CT molecular complexity index is 578. The molecule has 7 nitrogen and oxygen atoms in total. The minimum Gasteiger partial charge on any atom is -0.379 e. The van der Waals surface area contributed by atoms with E-state index < -0.39 is 0 Å². The molecule has 2 saturated heterocycles. The highest BCUT2D eigenvalue weighted by Crippen LogP contribution is 2.11. The molecule has 0 saturated carbocycles. The van der Waals surface area contributed by atoms with E-state index in [0.717, 1.165) is 23.8 Å². The van der Waals surface area contributed by atoms with Gasteiger partial charge in [-0.05, 0) is 6.92 Å². The quantitative estimate of drug-likeness (QED) is 0.763.